The van der Waals surface area contributed by atoms with Gasteiger partial charge < -0.3 is 26.6 Å². The van der Waals surface area contributed by atoms with Gasteiger partial charge in [-0.1, -0.05) is 53.6 Å². The van der Waals surface area contributed by atoms with Crippen LogP contribution in [-0.2, 0) is 0 Å². The van der Waals surface area contributed by atoms with E-state index in [0.29, 0.717) is 17.1 Å². The molecule has 0 aromatic heterocycles. The van der Waals surface area contributed by atoms with Crippen molar-refractivity contribution in [3.63, 3.8) is 0 Å². The first-order valence-corrected chi connectivity index (χ1v) is 12.7. The van der Waals surface area contributed by atoms with Gasteiger partial charge in [0.25, 0.3) is 0 Å². The van der Waals surface area contributed by atoms with Crippen molar-refractivity contribution in [1.82, 2.24) is 0 Å². The molecule has 0 bridgehead atoms. The standard InChI is InChI=1S/C33H32N4O/c1-22-9-11-24(3)29(19-22)30-20-23(2)10-17-32(30)35-25-12-14-26(15-13-25)36-33-18-16-28(21-31(33)34)37(38)27-7-5-4-6-8-27/h4-21,35-37H,34H2,1-3H3. The zero-order valence-corrected chi connectivity index (χ0v) is 21.9. The first kappa shape index (κ1) is 25.1. The Morgan fingerprint density at radius 3 is 1.82 bits per heavy atom. The van der Waals surface area contributed by atoms with Crippen molar-refractivity contribution in [1.29, 1.82) is 0 Å². The normalized spacial score (nSPS) is 11.7. The molecule has 0 aliphatic rings. The number of nitrogen functional groups attached to an aromatic ring is 1. The molecule has 0 aliphatic carbocycles. The van der Waals surface area contributed by atoms with Gasteiger partial charge in [0.05, 0.1) is 11.4 Å². The molecule has 0 amide bonds. The summed E-state index contributed by atoms with van der Waals surface area (Å²) >= 11 is 0. The highest BCUT2D eigenvalue weighted by atomic mass is 16.5. The molecule has 190 valence electrons. The van der Waals surface area contributed by atoms with Crippen LogP contribution in [0.4, 0.5) is 39.8 Å². The van der Waals surface area contributed by atoms with Crippen LogP contribution in [0.1, 0.15) is 16.7 Å². The molecule has 5 aromatic rings. The molecule has 1 atom stereocenters. The lowest BCUT2D eigenvalue weighted by atomic mass is 9.95. The molecule has 0 saturated carbocycles. The molecule has 5 rings (SSSR count). The summed E-state index contributed by atoms with van der Waals surface area (Å²) in [5.74, 6) is 0. The van der Waals surface area contributed by atoms with Crippen LogP contribution in [0.5, 0.6) is 0 Å². The van der Waals surface area contributed by atoms with E-state index in [1.807, 2.05) is 60.7 Å². The van der Waals surface area contributed by atoms with Crippen LogP contribution in [0.15, 0.2) is 109 Å². The van der Waals surface area contributed by atoms with Crippen LogP contribution >= 0.6 is 0 Å². The number of aryl methyl sites for hydroxylation is 3. The van der Waals surface area contributed by atoms with Gasteiger partial charge in [0, 0.05) is 34.8 Å². The van der Waals surface area contributed by atoms with E-state index >= 15 is 0 Å². The number of nitrogens with one attached hydrogen (secondary N) is 3. The number of rotatable bonds is 7. The van der Waals surface area contributed by atoms with Gasteiger partial charge in [0.15, 0.2) is 0 Å². The first-order valence-electron chi connectivity index (χ1n) is 12.7. The maximum atomic E-state index is 12.7. The second-order valence-corrected chi connectivity index (χ2v) is 9.69. The number of anilines is 5. The van der Waals surface area contributed by atoms with Gasteiger partial charge >= 0.3 is 0 Å². The van der Waals surface area contributed by atoms with Gasteiger partial charge in [-0.2, -0.15) is 0 Å². The minimum atomic E-state index is -0.0457. The summed E-state index contributed by atoms with van der Waals surface area (Å²) in [7, 11) is 0. The van der Waals surface area contributed by atoms with Gasteiger partial charge in [-0.3, -0.25) is 0 Å². The molecule has 0 spiro atoms. The number of para-hydroxylation sites is 1. The van der Waals surface area contributed by atoms with Crippen LogP contribution in [0.3, 0.4) is 0 Å². The van der Waals surface area contributed by atoms with Gasteiger partial charge in [-0.15, -0.1) is 0 Å². The Hall–Kier alpha value is -4.58. The second-order valence-electron chi connectivity index (χ2n) is 9.69. The van der Waals surface area contributed by atoms with Gasteiger partial charge in [-0.05, 0) is 86.5 Å². The Bertz CT molecular complexity index is 1560. The highest BCUT2D eigenvalue weighted by molar-refractivity contribution is 5.84. The third kappa shape index (κ3) is 5.54. The molecule has 1 unspecified atom stereocenters. The average Bonchev–Trinajstić information content (AvgIpc) is 2.93. The Morgan fingerprint density at radius 1 is 0.579 bits per heavy atom. The lowest BCUT2D eigenvalue weighted by Crippen LogP contribution is -2.96. The molecule has 0 heterocycles. The smallest absolute Gasteiger partial charge is 0.138 e. The van der Waals surface area contributed by atoms with Crippen molar-refractivity contribution < 1.29 is 5.06 Å². The first-order chi connectivity index (χ1) is 18.4. The van der Waals surface area contributed by atoms with Gasteiger partial charge in [0.1, 0.15) is 11.4 Å². The predicted molar refractivity (Wildman–Crippen MR) is 160 cm³/mol. The molecule has 0 fully saturated rings. The van der Waals surface area contributed by atoms with Crippen molar-refractivity contribution in [2.45, 2.75) is 20.8 Å². The molecule has 0 saturated heterocycles. The molecule has 0 aliphatic heterocycles. The molecule has 0 radical (unpaired) electrons. The topological polar surface area (TPSA) is 77.6 Å². The number of quaternary nitrogens is 1. The number of nitrogens with two attached hydrogens (primary N) is 1. The van der Waals surface area contributed by atoms with E-state index in [2.05, 4.69) is 67.8 Å². The summed E-state index contributed by atoms with van der Waals surface area (Å²) in [5.41, 5.74) is 17.9. The maximum Gasteiger partial charge on any atom is 0.138 e. The third-order valence-electron chi connectivity index (χ3n) is 6.65. The molecule has 5 heteroatoms. The monoisotopic (exact) mass is 500 g/mol. The number of hydrogen-bond donors (Lipinski definition) is 4. The summed E-state index contributed by atoms with van der Waals surface area (Å²) in [6.45, 7) is 6.39. The number of hydrogen-bond acceptors (Lipinski definition) is 4. The molecular formula is C33H32N4O. The molecular weight excluding hydrogens is 468 g/mol. The lowest BCUT2D eigenvalue weighted by molar-refractivity contribution is -0.698. The van der Waals surface area contributed by atoms with Crippen molar-refractivity contribution in [3.8, 4) is 11.1 Å². The van der Waals surface area contributed by atoms with E-state index in [-0.39, 0.29) is 5.06 Å². The fraction of sp³-hybridized carbons (Fsp3) is 0.0909. The second kappa shape index (κ2) is 10.8. The van der Waals surface area contributed by atoms with Crippen molar-refractivity contribution in [3.05, 3.63) is 131 Å². The zero-order valence-electron chi connectivity index (χ0n) is 21.9. The van der Waals surface area contributed by atoms with Crippen LogP contribution in [0.25, 0.3) is 11.1 Å². The van der Waals surface area contributed by atoms with Crippen LogP contribution in [0, 0.1) is 26.0 Å². The predicted octanol–water partition coefficient (Wildman–Crippen LogP) is 7.69. The average molecular weight is 501 g/mol. The van der Waals surface area contributed by atoms with Crippen molar-refractivity contribution in [2.24, 2.45) is 0 Å². The summed E-state index contributed by atoms with van der Waals surface area (Å²) in [6.07, 6.45) is 0. The van der Waals surface area contributed by atoms with Gasteiger partial charge in [-0.25, -0.2) is 0 Å². The van der Waals surface area contributed by atoms with E-state index in [1.165, 1.54) is 27.8 Å². The quantitative estimate of drug-likeness (QED) is 0.136. The molecule has 5 N–H and O–H groups in total. The van der Waals surface area contributed by atoms with Crippen molar-refractivity contribution in [2.75, 3.05) is 16.4 Å². The third-order valence-corrected chi connectivity index (χ3v) is 6.65. The fourth-order valence-corrected chi connectivity index (χ4v) is 4.54. The van der Waals surface area contributed by atoms with Crippen LogP contribution in [0.2, 0.25) is 0 Å². The summed E-state index contributed by atoms with van der Waals surface area (Å²) in [5, 5.41) is 19.7. The van der Waals surface area contributed by atoms with E-state index in [9.17, 15) is 5.21 Å². The van der Waals surface area contributed by atoms with E-state index in [1.54, 1.807) is 12.1 Å². The Balaban J connectivity index is 1.33. The molecule has 5 aromatic carbocycles. The Labute approximate surface area is 224 Å². The van der Waals surface area contributed by atoms with Crippen LogP contribution < -0.4 is 21.4 Å². The van der Waals surface area contributed by atoms with Gasteiger partial charge in [0.2, 0.25) is 0 Å². The SMILES string of the molecule is Cc1ccc(C)c(-c2cc(C)ccc2Nc2ccc(Nc3ccc([NH+]([O-])c4ccccc4)cc3N)cc2)c1. The van der Waals surface area contributed by atoms with E-state index < -0.39 is 0 Å². The minimum Gasteiger partial charge on any atom is -0.623 e. The summed E-state index contributed by atoms with van der Waals surface area (Å²) in [6, 6.07) is 35.7. The minimum absolute atomic E-state index is 0.0457. The summed E-state index contributed by atoms with van der Waals surface area (Å²) in [4.78, 5) is 0. The zero-order chi connectivity index (χ0) is 26.6. The Morgan fingerprint density at radius 2 is 1.16 bits per heavy atom. The summed E-state index contributed by atoms with van der Waals surface area (Å²) < 4.78 is 0. The van der Waals surface area contributed by atoms with E-state index in [0.717, 1.165) is 22.7 Å². The largest absolute Gasteiger partial charge is 0.623 e. The lowest BCUT2D eigenvalue weighted by Gasteiger charge is -2.22. The Kier molecular flexibility index (Phi) is 7.13. The highest BCUT2D eigenvalue weighted by Crippen LogP contribution is 2.34. The fourth-order valence-electron chi connectivity index (χ4n) is 4.54. The number of benzene rings is 5. The van der Waals surface area contributed by atoms with Crippen molar-refractivity contribution >= 4 is 39.8 Å². The van der Waals surface area contributed by atoms with Crippen LogP contribution in [-0.4, -0.2) is 0 Å². The molecule has 5 nitrogen and oxygen atoms in total. The molecule has 38 heavy (non-hydrogen) atoms. The van der Waals surface area contributed by atoms with E-state index in [4.69, 9.17) is 5.73 Å². The highest BCUT2D eigenvalue weighted by Gasteiger charge is 2.11. The maximum absolute atomic E-state index is 12.7.